The highest BCUT2D eigenvalue weighted by Crippen LogP contribution is 2.19. The van der Waals surface area contributed by atoms with Crippen LogP contribution >= 0.6 is 0 Å². The Balaban J connectivity index is 3.86. The molecule has 0 rings (SSSR count). The van der Waals surface area contributed by atoms with Crippen LogP contribution in [0.3, 0.4) is 0 Å². The molecule has 1 N–H and O–H groups in total. The average Bonchev–Trinajstić information content (AvgIpc) is 2.09. The molecule has 4 nitrogen and oxygen atoms in total. The van der Waals surface area contributed by atoms with Gasteiger partial charge in [-0.3, -0.25) is 9.59 Å². The van der Waals surface area contributed by atoms with Crippen LogP contribution in [0.15, 0.2) is 0 Å². The number of carbonyl (C=O) groups excluding carboxylic acids is 1. The maximum absolute atomic E-state index is 10.9. The summed E-state index contributed by atoms with van der Waals surface area (Å²) in [5.41, 5.74) is 0. The lowest BCUT2D eigenvalue weighted by Gasteiger charge is -2.17. The molecular weight excluding hydrogens is 208 g/mol. The van der Waals surface area contributed by atoms with Gasteiger partial charge in [0, 0.05) is 6.92 Å². The third-order valence-corrected chi connectivity index (χ3v) is 2.61. The first kappa shape index (κ1) is 14.9. The van der Waals surface area contributed by atoms with Crippen molar-refractivity contribution >= 4 is 11.9 Å². The van der Waals surface area contributed by atoms with Gasteiger partial charge in [-0.1, -0.05) is 13.8 Å². The van der Waals surface area contributed by atoms with Crippen molar-refractivity contribution in [2.75, 3.05) is 0 Å². The Morgan fingerprint density at radius 1 is 1.19 bits per heavy atom. The SMILES string of the molecule is CC(=O)OC(C)CCCC(C(=O)O)C(C)C. The molecule has 0 aliphatic rings. The van der Waals surface area contributed by atoms with E-state index >= 15 is 0 Å². The highest BCUT2D eigenvalue weighted by atomic mass is 16.5. The van der Waals surface area contributed by atoms with Gasteiger partial charge in [0.05, 0.1) is 12.0 Å². The van der Waals surface area contributed by atoms with E-state index in [2.05, 4.69) is 0 Å². The topological polar surface area (TPSA) is 63.6 Å². The van der Waals surface area contributed by atoms with Crippen LogP contribution in [0, 0.1) is 11.8 Å². The fourth-order valence-corrected chi connectivity index (χ4v) is 1.71. The fraction of sp³-hybridized carbons (Fsp3) is 0.833. The molecule has 0 saturated carbocycles. The second-order valence-corrected chi connectivity index (χ2v) is 4.54. The molecule has 0 aromatic carbocycles. The number of rotatable bonds is 7. The van der Waals surface area contributed by atoms with Crippen LogP contribution in [0.25, 0.3) is 0 Å². The molecule has 0 heterocycles. The quantitative estimate of drug-likeness (QED) is 0.682. The smallest absolute Gasteiger partial charge is 0.306 e. The molecule has 0 bridgehead atoms. The van der Waals surface area contributed by atoms with Crippen LogP contribution in [0.5, 0.6) is 0 Å². The summed E-state index contributed by atoms with van der Waals surface area (Å²) in [6, 6.07) is 0. The predicted octanol–water partition coefficient (Wildman–Crippen LogP) is 2.47. The standard InChI is InChI=1S/C12H22O4/c1-8(2)11(12(14)15)7-5-6-9(3)16-10(4)13/h8-9,11H,5-7H2,1-4H3,(H,14,15). The van der Waals surface area contributed by atoms with Gasteiger partial charge in [-0.05, 0) is 32.1 Å². The summed E-state index contributed by atoms with van der Waals surface area (Å²) in [4.78, 5) is 21.6. The third-order valence-electron chi connectivity index (χ3n) is 2.61. The van der Waals surface area contributed by atoms with Crippen molar-refractivity contribution in [3.8, 4) is 0 Å². The number of carboxylic acid groups (broad SMARTS) is 1. The van der Waals surface area contributed by atoms with E-state index < -0.39 is 5.97 Å². The summed E-state index contributed by atoms with van der Waals surface area (Å²) in [5, 5.41) is 8.97. The molecule has 0 spiro atoms. The number of hydrogen-bond donors (Lipinski definition) is 1. The lowest BCUT2D eigenvalue weighted by molar-refractivity contribution is -0.147. The second-order valence-electron chi connectivity index (χ2n) is 4.54. The van der Waals surface area contributed by atoms with Crippen LogP contribution in [-0.2, 0) is 14.3 Å². The third kappa shape index (κ3) is 6.43. The molecule has 16 heavy (non-hydrogen) atoms. The second kappa shape index (κ2) is 7.25. The van der Waals surface area contributed by atoms with Crippen LogP contribution in [-0.4, -0.2) is 23.1 Å². The van der Waals surface area contributed by atoms with Crippen molar-refractivity contribution in [3.05, 3.63) is 0 Å². The molecule has 2 atom stereocenters. The van der Waals surface area contributed by atoms with Gasteiger partial charge < -0.3 is 9.84 Å². The van der Waals surface area contributed by atoms with Crippen molar-refractivity contribution < 1.29 is 19.4 Å². The zero-order valence-electron chi connectivity index (χ0n) is 10.5. The highest BCUT2D eigenvalue weighted by molar-refractivity contribution is 5.70. The van der Waals surface area contributed by atoms with Gasteiger partial charge in [-0.25, -0.2) is 0 Å². The van der Waals surface area contributed by atoms with Gasteiger partial charge in [-0.15, -0.1) is 0 Å². The Morgan fingerprint density at radius 2 is 1.75 bits per heavy atom. The maximum atomic E-state index is 10.9. The molecule has 2 unspecified atom stereocenters. The molecule has 94 valence electrons. The molecule has 0 aromatic rings. The molecule has 4 heteroatoms. The Morgan fingerprint density at radius 3 is 2.12 bits per heavy atom. The van der Waals surface area contributed by atoms with Gasteiger partial charge in [0.25, 0.3) is 0 Å². The fourth-order valence-electron chi connectivity index (χ4n) is 1.71. The Hall–Kier alpha value is -1.06. The Labute approximate surface area is 97.0 Å². The molecule has 0 amide bonds. The van der Waals surface area contributed by atoms with Gasteiger partial charge in [-0.2, -0.15) is 0 Å². The highest BCUT2D eigenvalue weighted by Gasteiger charge is 2.21. The monoisotopic (exact) mass is 230 g/mol. The lowest BCUT2D eigenvalue weighted by atomic mass is 9.90. The van der Waals surface area contributed by atoms with E-state index in [1.54, 1.807) is 0 Å². The number of carboxylic acids is 1. The van der Waals surface area contributed by atoms with E-state index in [0.29, 0.717) is 6.42 Å². The van der Waals surface area contributed by atoms with E-state index in [9.17, 15) is 9.59 Å². The van der Waals surface area contributed by atoms with E-state index in [0.717, 1.165) is 12.8 Å². The van der Waals surface area contributed by atoms with Crippen LogP contribution in [0.1, 0.15) is 47.0 Å². The molecule has 0 aromatic heterocycles. The van der Waals surface area contributed by atoms with Gasteiger partial charge in [0.2, 0.25) is 0 Å². The summed E-state index contributed by atoms with van der Waals surface area (Å²) < 4.78 is 4.97. The van der Waals surface area contributed by atoms with Crippen molar-refractivity contribution in [2.45, 2.75) is 53.1 Å². The predicted molar refractivity (Wildman–Crippen MR) is 61.0 cm³/mol. The summed E-state index contributed by atoms with van der Waals surface area (Å²) >= 11 is 0. The van der Waals surface area contributed by atoms with Crippen molar-refractivity contribution in [3.63, 3.8) is 0 Å². The largest absolute Gasteiger partial charge is 0.481 e. The van der Waals surface area contributed by atoms with Crippen molar-refractivity contribution in [1.82, 2.24) is 0 Å². The molecule has 0 fully saturated rings. The average molecular weight is 230 g/mol. The maximum Gasteiger partial charge on any atom is 0.306 e. The van der Waals surface area contributed by atoms with E-state index in [1.807, 2.05) is 20.8 Å². The number of hydrogen-bond acceptors (Lipinski definition) is 3. The Bertz CT molecular complexity index is 235. The van der Waals surface area contributed by atoms with E-state index in [1.165, 1.54) is 6.92 Å². The van der Waals surface area contributed by atoms with Gasteiger partial charge in [0.15, 0.2) is 0 Å². The first-order chi connectivity index (χ1) is 7.34. The number of ether oxygens (including phenoxy) is 1. The summed E-state index contributed by atoms with van der Waals surface area (Å²) in [6.45, 7) is 7.03. The zero-order valence-corrected chi connectivity index (χ0v) is 10.5. The molecular formula is C12H22O4. The summed E-state index contributed by atoms with van der Waals surface area (Å²) in [7, 11) is 0. The van der Waals surface area contributed by atoms with Gasteiger partial charge in [0.1, 0.15) is 0 Å². The number of aliphatic carboxylic acids is 1. The van der Waals surface area contributed by atoms with Crippen LogP contribution in [0.4, 0.5) is 0 Å². The minimum absolute atomic E-state index is 0.126. The molecule has 0 aliphatic carbocycles. The zero-order chi connectivity index (χ0) is 12.7. The van der Waals surface area contributed by atoms with E-state index in [-0.39, 0.29) is 23.9 Å². The molecule has 0 radical (unpaired) electrons. The van der Waals surface area contributed by atoms with E-state index in [4.69, 9.17) is 9.84 Å². The number of carbonyl (C=O) groups is 2. The summed E-state index contributed by atoms with van der Waals surface area (Å²) in [5.74, 6) is -1.19. The Kier molecular flexibility index (Phi) is 6.77. The first-order valence-electron chi connectivity index (χ1n) is 5.74. The normalized spacial score (nSPS) is 14.6. The molecule has 0 saturated heterocycles. The minimum Gasteiger partial charge on any atom is -0.481 e. The minimum atomic E-state index is -0.741. The van der Waals surface area contributed by atoms with Crippen molar-refractivity contribution in [1.29, 1.82) is 0 Å². The lowest BCUT2D eigenvalue weighted by Crippen LogP contribution is -2.20. The van der Waals surface area contributed by atoms with Crippen LogP contribution < -0.4 is 0 Å². The first-order valence-corrected chi connectivity index (χ1v) is 5.74. The number of esters is 1. The van der Waals surface area contributed by atoms with Gasteiger partial charge >= 0.3 is 11.9 Å². The summed E-state index contributed by atoms with van der Waals surface area (Å²) in [6.07, 6.45) is 2.00. The molecule has 0 aliphatic heterocycles. The van der Waals surface area contributed by atoms with Crippen molar-refractivity contribution in [2.24, 2.45) is 11.8 Å². The van der Waals surface area contributed by atoms with Crippen LogP contribution in [0.2, 0.25) is 0 Å².